The third kappa shape index (κ3) is 6.38. The number of para-hydroxylation sites is 1. The molecule has 2 heterocycles. The number of aromatic nitrogens is 4. The molecular weight excluding hydrogens is 518 g/mol. The van der Waals surface area contributed by atoms with Gasteiger partial charge in [0.15, 0.2) is 11.5 Å². The van der Waals surface area contributed by atoms with Gasteiger partial charge in [0, 0.05) is 23.8 Å². The van der Waals surface area contributed by atoms with Crippen molar-refractivity contribution in [3.63, 3.8) is 0 Å². The minimum Gasteiger partial charge on any atom is -0.490 e. The van der Waals surface area contributed by atoms with Gasteiger partial charge in [0.2, 0.25) is 5.91 Å². The van der Waals surface area contributed by atoms with E-state index in [-0.39, 0.29) is 12.0 Å². The molecule has 0 fully saturated rings. The Morgan fingerprint density at radius 3 is 2.68 bits per heavy atom. The largest absolute Gasteiger partial charge is 0.490 e. The fraction of sp³-hybridized carbons (Fsp3) is 0.226. The average molecular weight is 552 g/mol. The fourth-order valence-corrected chi connectivity index (χ4v) is 4.58. The van der Waals surface area contributed by atoms with E-state index >= 15 is 0 Å². The molecule has 10 heteroatoms. The second kappa shape index (κ2) is 12.4. The van der Waals surface area contributed by atoms with E-state index in [1.807, 2.05) is 87.5 Å². The lowest BCUT2D eigenvalue weighted by Gasteiger charge is -2.23. The van der Waals surface area contributed by atoms with Gasteiger partial charge in [0.1, 0.15) is 24.5 Å². The molecule has 0 radical (unpaired) electrons. The number of nitrogens with zero attached hydrogens (tertiary/aromatic N) is 4. The molecule has 1 amide bonds. The van der Waals surface area contributed by atoms with Crippen LogP contribution in [0.4, 0.5) is 11.5 Å². The van der Waals surface area contributed by atoms with Crippen molar-refractivity contribution in [2.75, 3.05) is 17.7 Å². The van der Waals surface area contributed by atoms with E-state index in [0.717, 1.165) is 33.3 Å². The van der Waals surface area contributed by atoms with E-state index in [0.29, 0.717) is 30.5 Å². The number of carbonyl (C=O) groups is 1. The molecule has 5 aromatic rings. The monoisotopic (exact) mass is 551 g/mol. The van der Waals surface area contributed by atoms with Crippen LogP contribution in [0, 0.1) is 0 Å². The molecule has 5 rings (SSSR count). The summed E-state index contributed by atoms with van der Waals surface area (Å²) in [5, 5.41) is 12.5. The van der Waals surface area contributed by atoms with Crippen molar-refractivity contribution in [2.45, 2.75) is 39.5 Å². The lowest BCUT2D eigenvalue weighted by atomic mass is 10.0. The average Bonchev–Trinajstić information content (AvgIpc) is 3.51. The number of nitrogen functional groups attached to an aromatic ring is 1. The number of rotatable bonds is 11. The van der Waals surface area contributed by atoms with E-state index in [2.05, 4.69) is 25.7 Å². The van der Waals surface area contributed by atoms with E-state index < -0.39 is 6.04 Å². The summed E-state index contributed by atoms with van der Waals surface area (Å²) < 4.78 is 13.5. The number of carbonyl (C=O) groups excluding carboxylic acids is 1. The lowest BCUT2D eigenvalue weighted by Crippen LogP contribution is -2.33. The number of benzene rings is 3. The number of hydrogen-bond donors (Lipinski definition) is 3. The normalized spacial score (nSPS) is 11.8. The first-order valence-corrected chi connectivity index (χ1v) is 13.5. The van der Waals surface area contributed by atoms with Crippen molar-refractivity contribution in [3.8, 4) is 17.2 Å². The summed E-state index contributed by atoms with van der Waals surface area (Å²) >= 11 is 0. The number of ether oxygens (including phenoxy) is 2. The molecule has 210 valence electrons. The number of amides is 1. The molecule has 0 aliphatic rings. The Hall–Kier alpha value is -5.12. The zero-order valence-corrected chi connectivity index (χ0v) is 23.2. The topological polar surface area (TPSA) is 129 Å². The minimum absolute atomic E-state index is 0.0261. The molecule has 1 atom stereocenters. The van der Waals surface area contributed by atoms with Crippen LogP contribution in [0.2, 0.25) is 0 Å². The predicted octanol–water partition coefficient (Wildman–Crippen LogP) is 5.05. The number of nitrogens with one attached hydrogen (secondary N) is 2. The SMILES string of the molecule is CCOc1cc(C(Nc2ccc3c(N)nccc3c2)C(=O)NCc2ccccc2-n2cncn2)ccc1OC(C)C. The van der Waals surface area contributed by atoms with Crippen LogP contribution < -0.4 is 25.8 Å². The molecule has 3 aromatic carbocycles. The van der Waals surface area contributed by atoms with Gasteiger partial charge in [0.25, 0.3) is 0 Å². The Balaban J connectivity index is 1.47. The summed E-state index contributed by atoms with van der Waals surface area (Å²) in [6, 6.07) is 20.2. The Morgan fingerprint density at radius 1 is 1.05 bits per heavy atom. The van der Waals surface area contributed by atoms with Crippen LogP contribution >= 0.6 is 0 Å². The van der Waals surface area contributed by atoms with Crippen LogP contribution in [-0.4, -0.2) is 38.4 Å². The molecule has 41 heavy (non-hydrogen) atoms. The predicted molar refractivity (Wildman–Crippen MR) is 159 cm³/mol. The highest BCUT2D eigenvalue weighted by molar-refractivity contribution is 5.94. The van der Waals surface area contributed by atoms with Crippen LogP contribution in [0.15, 0.2) is 85.6 Å². The van der Waals surface area contributed by atoms with Crippen molar-refractivity contribution < 1.29 is 14.3 Å². The van der Waals surface area contributed by atoms with Gasteiger partial charge in [-0.05, 0) is 79.7 Å². The maximum atomic E-state index is 13.9. The van der Waals surface area contributed by atoms with Gasteiger partial charge in [-0.2, -0.15) is 5.10 Å². The third-order valence-electron chi connectivity index (χ3n) is 6.44. The quantitative estimate of drug-likeness (QED) is 0.208. The summed E-state index contributed by atoms with van der Waals surface area (Å²) in [7, 11) is 0. The molecule has 4 N–H and O–H groups in total. The fourth-order valence-electron chi connectivity index (χ4n) is 4.58. The Labute approximate surface area is 238 Å². The first-order valence-electron chi connectivity index (χ1n) is 13.5. The molecule has 0 bridgehead atoms. The van der Waals surface area contributed by atoms with Crippen molar-refractivity contribution in [2.24, 2.45) is 0 Å². The second-order valence-electron chi connectivity index (χ2n) is 9.70. The van der Waals surface area contributed by atoms with Crippen LogP contribution in [0.3, 0.4) is 0 Å². The Bertz CT molecular complexity index is 1640. The maximum Gasteiger partial charge on any atom is 0.247 e. The van der Waals surface area contributed by atoms with E-state index in [4.69, 9.17) is 15.2 Å². The van der Waals surface area contributed by atoms with Crippen molar-refractivity contribution in [3.05, 3.63) is 96.7 Å². The smallest absolute Gasteiger partial charge is 0.247 e. The van der Waals surface area contributed by atoms with Crippen molar-refractivity contribution in [1.29, 1.82) is 0 Å². The second-order valence-corrected chi connectivity index (χ2v) is 9.70. The summed E-state index contributed by atoms with van der Waals surface area (Å²) in [6.07, 6.45) is 4.75. The van der Waals surface area contributed by atoms with Gasteiger partial charge >= 0.3 is 0 Å². The molecule has 0 saturated heterocycles. The van der Waals surface area contributed by atoms with Gasteiger partial charge in [-0.25, -0.2) is 14.6 Å². The van der Waals surface area contributed by atoms with Crippen LogP contribution in [0.1, 0.15) is 37.9 Å². The highest BCUT2D eigenvalue weighted by Gasteiger charge is 2.23. The molecule has 0 spiro atoms. The summed E-state index contributed by atoms with van der Waals surface area (Å²) in [4.78, 5) is 22.1. The first-order chi connectivity index (χ1) is 19.9. The van der Waals surface area contributed by atoms with E-state index in [1.54, 1.807) is 17.2 Å². The molecule has 0 aliphatic carbocycles. The highest BCUT2D eigenvalue weighted by Crippen LogP contribution is 2.33. The zero-order chi connectivity index (χ0) is 28.8. The molecule has 0 aliphatic heterocycles. The number of hydrogen-bond acceptors (Lipinski definition) is 8. The number of fused-ring (bicyclic) bond motifs is 1. The molecular formula is C31H33N7O3. The first kappa shape index (κ1) is 27.4. The van der Waals surface area contributed by atoms with Crippen molar-refractivity contribution in [1.82, 2.24) is 25.1 Å². The van der Waals surface area contributed by atoms with Gasteiger partial charge in [0.05, 0.1) is 18.4 Å². The zero-order valence-electron chi connectivity index (χ0n) is 23.2. The minimum atomic E-state index is -0.738. The van der Waals surface area contributed by atoms with Gasteiger partial charge in [-0.15, -0.1) is 0 Å². The van der Waals surface area contributed by atoms with Crippen LogP contribution in [0.25, 0.3) is 16.5 Å². The van der Waals surface area contributed by atoms with E-state index in [1.165, 1.54) is 6.33 Å². The summed E-state index contributed by atoms with van der Waals surface area (Å²) in [5.41, 5.74) is 9.27. The molecule has 2 aromatic heterocycles. The summed E-state index contributed by atoms with van der Waals surface area (Å²) in [5.74, 6) is 1.44. The Kier molecular flexibility index (Phi) is 8.28. The highest BCUT2D eigenvalue weighted by atomic mass is 16.5. The Morgan fingerprint density at radius 2 is 1.90 bits per heavy atom. The summed E-state index contributed by atoms with van der Waals surface area (Å²) in [6.45, 7) is 6.58. The van der Waals surface area contributed by atoms with Gasteiger partial charge < -0.3 is 25.8 Å². The van der Waals surface area contributed by atoms with E-state index in [9.17, 15) is 4.79 Å². The van der Waals surface area contributed by atoms with Gasteiger partial charge in [-0.1, -0.05) is 24.3 Å². The molecule has 10 nitrogen and oxygen atoms in total. The number of anilines is 2. The van der Waals surface area contributed by atoms with Crippen LogP contribution in [-0.2, 0) is 11.3 Å². The molecule has 1 unspecified atom stereocenters. The number of pyridine rings is 1. The lowest BCUT2D eigenvalue weighted by molar-refractivity contribution is -0.122. The van der Waals surface area contributed by atoms with Crippen molar-refractivity contribution >= 4 is 28.2 Å². The third-order valence-corrected chi connectivity index (χ3v) is 6.44. The maximum absolute atomic E-state index is 13.9. The van der Waals surface area contributed by atoms with Gasteiger partial charge in [-0.3, -0.25) is 4.79 Å². The standard InChI is InChI=1S/C31H33N7O3/c1-4-40-28-16-22(9-12-27(28)41-20(2)3)29(37-24-10-11-25-21(15-24)13-14-34-30(25)32)31(39)35-17-23-7-5-6-8-26(23)38-19-33-18-36-38/h5-16,18-20,29,37H,4,17H2,1-3H3,(H2,32,34)(H,35,39). The van der Waals surface area contributed by atoms with Crippen LogP contribution in [0.5, 0.6) is 11.5 Å². The molecule has 0 saturated carbocycles. The number of nitrogens with two attached hydrogens (primary N) is 1.